The molecular formula is C116H77N11. The van der Waals surface area contributed by atoms with Crippen molar-refractivity contribution in [3.8, 4) is 157 Å². The maximum Gasteiger partial charge on any atom is 0.164 e. The molecule has 0 bridgehead atoms. The highest BCUT2D eigenvalue weighted by Gasteiger charge is 2.21. The molecule has 0 spiro atoms. The molecule has 0 saturated heterocycles. The molecule has 0 aliphatic carbocycles. The van der Waals surface area contributed by atoms with Crippen LogP contribution in [-0.2, 0) is 6.42 Å². The summed E-state index contributed by atoms with van der Waals surface area (Å²) < 4.78 is 0. The zero-order valence-corrected chi connectivity index (χ0v) is 69.5. The van der Waals surface area contributed by atoms with Gasteiger partial charge < -0.3 is 0 Å². The lowest BCUT2D eigenvalue weighted by atomic mass is 9.94. The molecule has 0 N–H and O–H groups in total. The van der Waals surface area contributed by atoms with Gasteiger partial charge in [-0.25, -0.2) is 34.9 Å². The van der Waals surface area contributed by atoms with Crippen molar-refractivity contribution in [1.82, 2.24) is 54.8 Å². The molecule has 11 nitrogen and oxygen atoms in total. The molecule has 0 radical (unpaired) electrons. The third-order valence-corrected chi connectivity index (χ3v) is 23.9. The molecule has 0 atom stereocenters. The number of pyridine rings is 6. The topological polar surface area (TPSA) is 142 Å². The number of rotatable bonds is 15. The van der Waals surface area contributed by atoms with E-state index in [1.54, 1.807) is 0 Å². The Morgan fingerprint density at radius 3 is 1.27 bits per heavy atom. The largest absolute Gasteiger partial charge is 0.263 e. The summed E-state index contributed by atoms with van der Waals surface area (Å²) >= 11 is 0. The Balaban J connectivity index is 0.000000150. The van der Waals surface area contributed by atoms with E-state index in [4.69, 9.17) is 44.9 Å². The first kappa shape index (κ1) is 76.3. The maximum absolute atomic E-state index is 5.29. The molecule has 11 heteroatoms. The molecule has 15 aromatic carbocycles. The van der Waals surface area contributed by atoms with Crippen molar-refractivity contribution in [3.05, 3.63) is 430 Å². The Kier molecular flexibility index (Phi) is 19.9. The Hall–Kier alpha value is -16.9. The van der Waals surface area contributed by atoms with Gasteiger partial charge in [0.05, 0.1) is 50.4 Å². The number of hydrogen-bond donors (Lipinski definition) is 0. The fourth-order valence-corrected chi connectivity index (χ4v) is 17.5. The molecule has 23 aromatic rings. The number of aryl methyl sites for hydroxylation is 2. The Bertz CT molecular complexity index is 8170. The second kappa shape index (κ2) is 33.2. The zero-order valence-electron chi connectivity index (χ0n) is 69.5. The summed E-state index contributed by atoms with van der Waals surface area (Å²) in [5.41, 5.74) is 31.4. The number of nitrogens with zero attached hydrogens (tertiary/aromatic N) is 11. The van der Waals surface area contributed by atoms with Gasteiger partial charge in [-0.1, -0.05) is 341 Å². The van der Waals surface area contributed by atoms with E-state index in [-0.39, 0.29) is 0 Å². The summed E-state index contributed by atoms with van der Waals surface area (Å²) in [7, 11) is 0. The van der Waals surface area contributed by atoms with Crippen LogP contribution >= 0.6 is 0 Å². The first-order valence-electron chi connectivity index (χ1n) is 42.8. The van der Waals surface area contributed by atoms with Gasteiger partial charge in [0.15, 0.2) is 23.3 Å². The van der Waals surface area contributed by atoms with Crippen LogP contribution in [-0.4, -0.2) is 54.8 Å². The molecule has 0 aliphatic rings. The van der Waals surface area contributed by atoms with Crippen LogP contribution in [0, 0.1) is 6.92 Å². The number of fused-ring (bicyclic) bond motifs is 9. The van der Waals surface area contributed by atoms with Gasteiger partial charge in [0.1, 0.15) is 0 Å². The van der Waals surface area contributed by atoms with Gasteiger partial charge in [0.25, 0.3) is 0 Å². The molecule has 127 heavy (non-hydrogen) atoms. The Morgan fingerprint density at radius 2 is 0.638 bits per heavy atom. The molecule has 8 heterocycles. The van der Waals surface area contributed by atoms with Gasteiger partial charge >= 0.3 is 0 Å². The van der Waals surface area contributed by atoms with E-state index in [0.717, 1.165) is 195 Å². The average molecular weight is 1620 g/mol. The van der Waals surface area contributed by atoms with E-state index >= 15 is 0 Å². The third kappa shape index (κ3) is 15.1. The van der Waals surface area contributed by atoms with Crippen molar-refractivity contribution < 1.29 is 0 Å². The normalized spacial score (nSPS) is 11.4. The third-order valence-electron chi connectivity index (χ3n) is 23.9. The second-order valence-electron chi connectivity index (χ2n) is 31.9. The molecule has 0 amide bonds. The molecule has 8 aromatic heterocycles. The fraction of sp³-hybridized carbons (Fsp3) is 0.0259. The minimum Gasteiger partial charge on any atom is -0.263 e. The van der Waals surface area contributed by atoms with Crippen molar-refractivity contribution in [3.63, 3.8) is 0 Å². The molecule has 0 saturated carbocycles. The van der Waals surface area contributed by atoms with Gasteiger partial charge in [-0.2, -0.15) is 0 Å². The average Bonchev–Trinajstić information content (AvgIpc) is 0.752. The Labute approximate surface area is 734 Å². The molecule has 23 rings (SSSR count). The molecule has 0 fully saturated rings. The second-order valence-corrected chi connectivity index (χ2v) is 31.9. The SMILES string of the molecule is CCc1cc(-c2ccccc2)c2ccc3ccc(-c4cccc(-c5ccc(-c6cc(-c7ccccc7)nc(-c7cccc(-c8cncc9ccccc89)c7)n6)cc5)c4)nc3c2n1.Cc1cc(-c2cccc3ccccc23)c2ccc3ccc(-c4ccc(-c5cccc(-c6nc(-c7ccccc7)nc(-c7cccc(-c8ccnc9ccccc89)c7)n6)c5)cc4)nc3c2n1. The van der Waals surface area contributed by atoms with Crippen LogP contribution in [0.2, 0.25) is 0 Å². The van der Waals surface area contributed by atoms with Crippen molar-refractivity contribution in [2.24, 2.45) is 0 Å². The van der Waals surface area contributed by atoms with Gasteiger partial charge in [-0.05, 0) is 157 Å². The van der Waals surface area contributed by atoms with Crippen LogP contribution in [0.3, 0.4) is 0 Å². The van der Waals surface area contributed by atoms with E-state index in [9.17, 15) is 0 Å². The molecular weight excluding hydrogens is 1550 g/mol. The van der Waals surface area contributed by atoms with Crippen LogP contribution in [0.15, 0.2) is 419 Å². The monoisotopic (exact) mass is 1620 g/mol. The fourth-order valence-electron chi connectivity index (χ4n) is 17.5. The van der Waals surface area contributed by atoms with E-state index in [2.05, 4.69) is 357 Å². The van der Waals surface area contributed by atoms with Crippen LogP contribution in [0.5, 0.6) is 0 Å². The van der Waals surface area contributed by atoms with Gasteiger partial charge in [0.2, 0.25) is 0 Å². The number of para-hydroxylation sites is 1. The predicted octanol–water partition coefficient (Wildman–Crippen LogP) is 29.0. The highest BCUT2D eigenvalue weighted by Crippen LogP contribution is 2.42. The molecule has 596 valence electrons. The summed E-state index contributed by atoms with van der Waals surface area (Å²) in [6, 6.07) is 140. The minimum atomic E-state index is 0.604. The van der Waals surface area contributed by atoms with Gasteiger partial charge in [0, 0.05) is 112 Å². The van der Waals surface area contributed by atoms with Crippen LogP contribution in [0.25, 0.3) is 233 Å². The van der Waals surface area contributed by atoms with E-state index < -0.39 is 0 Å². The summed E-state index contributed by atoms with van der Waals surface area (Å²) in [4.78, 5) is 55.5. The lowest BCUT2D eigenvalue weighted by molar-refractivity contribution is 1.06. The van der Waals surface area contributed by atoms with Crippen LogP contribution in [0.1, 0.15) is 18.3 Å². The summed E-state index contributed by atoms with van der Waals surface area (Å²) in [6.07, 6.45) is 6.56. The zero-order chi connectivity index (χ0) is 84.7. The lowest BCUT2D eigenvalue weighted by Crippen LogP contribution is -2.00. The first-order valence-corrected chi connectivity index (χ1v) is 42.8. The maximum atomic E-state index is 5.29. The minimum absolute atomic E-state index is 0.604. The van der Waals surface area contributed by atoms with Crippen molar-refractivity contribution in [1.29, 1.82) is 0 Å². The van der Waals surface area contributed by atoms with Crippen molar-refractivity contribution in [2.75, 3.05) is 0 Å². The van der Waals surface area contributed by atoms with Crippen LogP contribution < -0.4 is 0 Å². The molecule has 0 aliphatic heterocycles. The van der Waals surface area contributed by atoms with Crippen molar-refractivity contribution >= 4 is 76.1 Å². The van der Waals surface area contributed by atoms with Crippen molar-refractivity contribution in [2.45, 2.75) is 20.3 Å². The van der Waals surface area contributed by atoms with Gasteiger partial charge in [-0.3, -0.25) is 19.9 Å². The van der Waals surface area contributed by atoms with E-state index in [0.29, 0.717) is 23.3 Å². The lowest BCUT2D eigenvalue weighted by Gasteiger charge is -2.13. The standard InChI is InChI=1S/C59H38N6.C57H39N5/c1-37-34-52(49-22-11-15-39-12-5-6-20-47(39)49)51-30-28-41-29-31-53(62-55(41)56(51)61-37)40-26-24-38(25-27-40)43-16-9-18-45(35-43)58-63-57(42-13-3-2-4-14-42)64-59(65-58)46-19-10-17-44(36-46)48-32-33-60-54-23-8-7-21-50(48)54;1-2-47-33-50(38-13-5-3-6-14-38)49-29-27-41-28-30-52(60-55(41)56(49)59-47)44-20-11-18-42(31-44)37-23-25-40(26-24-37)54-34-53(39-15-7-4-8-16-39)61-57(62-54)45-21-12-19-43(32-45)51-36-58-35-46-17-9-10-22-48(46)51/h2-36H,1H3;3-36H,2H2,1H3. The van der Waals surface area contributed by atoms with E-state index in [1.165, 1.54) is 33.0 Å². The summed E-state index contributed by atoms with van der Waals surface area (Å²) in [5, 5.41) is 10.1. The first-order chi connectivity index (χ1) is 62.7. The number of aromatic nitrogens is 11. The Morgan fingerprint density at radius 1 is 0.205 bits per heavy atom. The smallest absolute Gasteiger partial charge is 0.164 e. The van der Waals surface area contributed by atoms with E-state index in [1.807, 2.05) is 85.3 Å². The highest BCUT2D eigenvalue weighted by atomic mass is 15.0. The van der Waals surface area contributed by atoms with Crippen LogP contribution in [0.4, 0.5) is 0 Å². The number of hydrogen-bond acceptors (Lipinski definition) is 11. The van der Waals surface area contributed by atoms with Gasteiger partial charge in [-0.15, -0.1) is 0 Å². The summed E-state index contributed by atoms with van der Waals surface area (Å²) in [6.45, 7) is 4.22. The quantitative estimate of drug-likeness (QED) is 0.0906. The molecule has 0 unspecified atom stereocenters. The highest BCUT2D eigenvalue weighted by molar-refractivity contribution is 6.13. The predicted molar refractivity (Wildman–Crippen MR) is 521 cm³/mol. The number of benzene rings is 15. The summed E-state index contributed by atoms with van der Waals surface area (Å²) in [5.74, 6) is 2.49.